The molecule has 20 heavy (non-hydrogen) atoms. The molecule has 2 aromatic carbocycles. The summed E-state index contributed by atoms with van der Waals surface area (Å²) in [7, 11) is 0. The van der Waals surface area contributed by atoms with Crippen LogP contribution in [0.1, 0.15) is 15.9 Å². The fraction of sp³-hybridized carbons (Fsp3) is 0.0625. The van der Waals surface area contributed by atoms with Gasteiger partial charge in [-0.05, 0) is 42.2 Å². The lowest BCUT2D eigenvalue weighted by Gasteiger charge is -1.99. The number of hydrogen-bond donors (Lipinski definition) is 0. The Morgan fingerprint density at radius 1 is 1.10 bits per heavy atom. The van der Waals surface area contributed by atoms with Gasteiger partial charge in [0.1, 0.15) is 11.6 Å². The summed E-state index contributed by atoms with van der Waals surface area (Å²) in [6, 6.07) is 10.5. The molecule has 0 amide bonds. The van der Waals surface area contributed by atoms with Gasteiger partial charge in [-0.3, -0.25) is 4.79 Å². The van der Waals surface area contributed by atoms with Crippen LogP contribution in [0, 0.1) is 11.6 Å². The molecule has 0 N–H and O–H groups in total. The maximum atomic E-state index is 13.4. The molecule has 2 rings (SSSR count). The maximum absolute atomic E-state index is 13.4. The first-order valence-electron chi connectivity index (χ1n) is 5.91. The lowest BCUT2D eigenvalue weighted by molar-refractivity contribution is 0.104. The van der Waals surface area contributed by atoms with E-state index in [0.717, 1.165) is 22.6 Å². The van der Waals surface area contributed by atoms with Gasteiger partial charge in [-0.1, -0.05) is 18.2 Å². The molecule has 0 aliphatic carbocycles. The average molecular weight is 290 g/mol. The molecule has 0 saturated carbocycles. The highest BCUT2D eigenvalue weighted by Gasteiger charge is 2.09. The van der Waals surface area contributed by atoms with Crippen molar-refractivity contribution in [2.24, 2.45) is 0 Å². The number of carbonyl (C=O) groups excluding carboxylic acids is 1. The van der Waals surface area contributed by atoms with Crippen molar-refractivity contribution >= 4 is 23.6 Å². The second-order valence-corrected chi connectivity index (χ2v) is 4.97. The van der Waals surface area contributed by atoms with Crippen LogP contribution in [-0.4, -0.2) is 12.0 Å². The zero-order valence-corrected chi connectivity index (χ0v) is 11.6. The van der Waals surface area contributed by atoms with Crippen LogP contribution in [0.2, 0.25) is 0 Å². The minimum absolute atomic E-state index is 0.136. The zero-order chi connectivity index (χ0) is 14.5. The number of thioether (sulfide) groups is 1. The molecule has 0 aliphatic heterocycles. The number of ketones is 1. The van der Waals surface area contributed by atoms with Gasteiger partial charge >= 0.3 is 0 Å². The lowest BCUT2D eigenvalue weighted by Crippen LogP contribution is -1.99. The van der Waals surface area contributed by atoms with E-state index in [1.54, 1.807) is 17.8 Å². The van der Waals surface area contributed by atoms with Gasteiger partial charge in [0.15, 0.2) is 5.78 Å². The molecule has 102 valence electrons. The summed E-state index contributed by atoms with van der Waals surface area (Å²) < 4.78 is 26.2. The third-order valence-corrected chi connectivity index (χ3v) is 3.48. The Labute approximate surface area is 120 Å². The quantitative estimate of drug-likeness (QED) is 0.465. The molecular formula is C16H12F2OS. The summed E-state index contributed by atoms with van der Waals surface area (Å²) in [5, 5.41) is 0. The second kappa shape index (κ2) is 6.48. The minimum Gasteiger partial charge on any atom is -0.289 e. The topological polar surface area (TPSA) is 17.1 Å². The van der Waals surface area contributed by atoms with Crippen molar-refractivity contribution in [3.8, 4) is 0 Å². The number of rotatable bonds is 4. The number of halogens is 2. The average Bonchev–Trinajstić information content (AvgIpc) is 2.45. The van der Waals surface area contributed by atoms with Crippen LogP contribution in [0.25, 0.3) is 6.08 Å². The monoisotopic (exact) mass is 290 g/mol. The van der Waals surface area contributed by atoms with Crippen molar-refractivity contribution in [1.29, 1.82) is 0 Å². The van der Waals surface area contributed by atoms with E-state index in [2.05, 4.69) is 0 Å². The number of carbonyl (C=O) groups is 1. The Hall–Kier alpha value is -1.94. The smallest absolute Gasteiger partial charge is 0.188 e. The molecule has 0 radical (unpaired) electrons. The Morgan fingerprint density at radius 3 is 2.40 bits per heavy atom. The highest BCUT2D eigenvalue weighted by molar-refractivity contribution is 7.98. The fourth-order valence-electron chi connectivity index (χ4n) is 1.67. The molecule has 0 spiro atoms. The van der Waals surface area contributed by atoms with Crippen LogP contribution in [0.4, 0.5) is 8.78 Å². The summed E-state index contributed by atoms with van der Waals surface area (Å²) in [5.41, 5.74) is 0.710. The van der Waals surface area contributed by atoms with Crippen LogP contribution in [0.5, 0.6) is 0 Å². The van der Waals surface area contributed by atoms with E-state index in [1.807, 2.05) is 30.5 Å². The third-order valence-electron chi connectivity index (χ3n) is 2.74. The fourth-order valence-corrected chi connectivity index (χ4v) is 2.07. The molecular weight excluding hydrogens is 278 g/mol. The van der Waals surface area contributed by atoms with E-state index in [4.69, 9.17) is 0 Å². The van der Waals surface area contributed by atoms with Crippen molar-refractivity contribution in [2.75, 3.05) is 6.26 Å². The van der Waals surface area contributed by atoms with Gasteiger partial charge in [0.2, 0.25) is 0 Å². The molecule has 0 bridgehead atoms. The van der Waals surface area contributed by atoms with Crippen LogP contribution in [0.15, 0.2) is 53.4 Å². The van der Waals surface area contributed by atoms with E-state index in [-0.39, 0.29) is 5.56 Å². The number of hydrogen-bond acceptors (Lipinski definition) is 2. The van der Waals surface area contributed by atoms with Crippen molar-refractivity contribution in [3.63, 3.8) is 0 Å². The van der Waals surface area contributed by atoms with Gasteiger partial charge in [0.05, 0.1) is 5.56 Å². The van der Waals surface area contributed by atoms with Gasteiger partial charge in [-0.15, -0.1) is 11.8 Å². The van der Waals surface area contributed by atoms with Gasteiger partial charge < -0.3 is 0 Å². The molecule has 0 aromatic heterocycles. The molecule has 4 heteroatoms. The van der Waals surface area contributed by atoms with Crippen LogP contribution in [0.3, 0.4) is 0 Å². The summed E-state index contributed by atoms with van der Waals surface area (Å²) in [4.78, 5) is 12.9. The summed E-state index contributed by atoms with van der Waals surface area (Å²) in [6.45, 7) is 0. The van der Waals surface area contributed by atoms with E-state index in [9.17, 15) is 13.6 Å². The van der Waals surface area contributed by atoms with Crippen molar-refractivity contribution in [2.45, 2.75) is 4.90 Å². The minimum atomic E-state index is -0.850. The summed E-state index contributed by atoms with van der Waals surface area (Å²) in [5.74, 6) is -2.04. The third kappa shape index (κ3) is 3.54. The second-order valence-electron chi connectivity index (χ2n) is 4.09. The highest BCUT2D eigenvalue weighted by Crippen LogP contribution is 2.16. The van der Waals surface area contributed by atoms with Crippen molar-refractivity contribution in [3.05, 3.63) is 71.3 Å². The molecule has 1 nitrogen and oxygen atoms in total. The zero-order valence-electron chi connectivity index (χ0n) is 10.8. The SMILES string of the molecule is CSc1ccc(C=CC(=O)c2ccc(F)cc2F)cc1. The van der Waals surface area contributed by atoms with Crippen LogP contribution >= 0.6 is 11.8 Å². The van der Waals surface area contributed by atoms with E-state index >= 15 is 0 Å². The van der Waals surface area contributed by atoms with Gasteiger partial charge in [-0.25, -0.2) is 8.78 Å². The Balaban J connectivity index is 2.15. The highest BCUT2D eigenvalue weighted by atomic mass is 32.2. The summed E-state index contributed by atoms with van der Waals surface area (Å²) >= 11 is 1.63. The van der Waals surface area contributed by atoms with Crippen LogP contribution in [-0.2, 0) is 0 Å². The van der Waals surface area contributed by atoms with Crippen molar-refractivity contribution < 1.29 is 13.6 Å². The Morgan fingerprint density at radius 2 is 1.80 bits per heavy atom. The first-order chi connectivity index (χ1) is 9.60. The largest absolute Gasteiger partial charge is 0.289 e. The Bertz CT molecular complexity index is 648. The van der Waals surface area contributed by atoms with Gasteiger partial charge in [-0.2, -0.15) is 0 Å². The van der Waals surface area contributed by atoms with Crippen molar-refractivity contribution in [1.82, 2.24) is 0 Å². The summed E-state index contributed by atoms with van der Waals surface area (Å²) in [6.07, 6.45) is 4.87. The van der Waals surface area contributed by atoms with Gasteiger partial charge in [0, 0.05) is 11.0 Å². The maximum Gasteiger partial charge on any atom is 0.188 e. The normalized spacial score (nSPS) is 10.9. The first-order valence-corrected chi connectivity index (χ1v) is 7.14. The predicted molar refractivity (Wildman–Crippen MR) is 77.9 cm³/mol. The molecule has 0 aliphatic rings. The Kier molecular flexibility index (Phi) is 4.69. The lowest BCUT2D eigenvalue weighted by atomic mass is 10.1. The first kappa shape index (κ1) is 14.5. The van der Waals surface area contributed by atoms with Gasteiger partial charge in [0.25, 0.3) is 0 Å². The molecule has 0 atom stereocenters. The van der Waals surface area contributed by atoms with E-state index < -0.39 is 17.4 Å². The molecule has 0 unspecified atom stereocenters. The standard InChI is InChI=1S/C16H12F2OS/c1-20-13-6-2-11(3-7-13)4-9-16(19)14-8-5-12(17)10-15(14)18/h2-10H,1H3. The molecule has 2 aromatic rings. The molecule has 0 saturated heterocycles. The number of allylic oxidation sites excluding steroid dienone is 1. The molecule has 0 heterocycles. The molecule has 0 fully saturated rings. The number of benzene rings is 2. The van der Waals surface area contributed by atoms with Crippen LogP contribution < -0.4 is 0 Å². The van der Waals surface area contributed by atoms with E-state index in [0.29, 0.717) is 6.07 Å². The van der Waals surface area contributed by atoms with E-state index in [1.165, 1.54) is 6.08 Å². The predicted octanol–water partition coefficient (Wildman–Crippen LogP) is 4.58.